The number of ether oxygens (including phenoxy) is 1. The third-order valence-corrected chi connectivity index (χ3v) is 3.24. The summed E-state index contributed by atoms with van der Waals surface area (Å²) in [6.45, 7) is 9.74. The standard InChI is InChI=1S/C15H22BrNO2/c1-6-11(3)19-13-8-7-12(9-10(13)2)17-14(18)15(4,5)16/h7-9,11H,6H2,1-5H3,(H,17,18)/t11-/m1/s1. The molecule has 3 nitrogen and oxygen atoms in total. The molecule has 0 unspecified atom stereocenters. The van der Waals surface area contributed by atoms with Crippen molar-refractivity contribution in [3.8, 4) is 5.75 Å². The maximum atomic E-state index is 11.9. The largest absolute Gasteiger partial charge is 0.490 e. The smallest absolute Gasteiger partial charge is 0.240 e. The van der Waals surface area contributed by atoms with Crippen molar-refractivity contribution in [2.75, 3.05) is 5.32 Å². The molecule has 0 aliphatic rings. The van der Waals surface area contributed by atoms with Crippen LogP contribution in [0, 0.1) is 6.92 Å². The van der Waals surface area contributed by atoms with Gasteiger partial charge in [-0.3, -0.25) is 4.79 Å². The quantitative estimate of drug-likeness (QED) is 0.819. The van der Waals surface area contributed by atoms with Gasteiger partial charge in [0.1, 0.15) is 5.75 Å². The van der Waals surface area contributed by atoms with Gasteiger partial charge >= 0.3 is 0 Å². The summed E-state index contributed by atoms with van der Waals surface area (Å²) in [4.78, 5) is 11.9. The average molecular weight is 328 g/mol. The Morgan fingerprint density at radius 1 is 1.47 bits per heavy atom. The van der Waals surface area contributed by atoms with Crippen molar-refractivity contribution in [1.29, 1.82) is 0 Å². The number of hydrogen-bond acceptors (Lipinski definition) is 2. The molecule has 4 heteroatoms. The Morgan fingerprint density at radius 2 is 2.11 bits per heavy atom. The minimum Gasteiger partial charge on any atom is -0.490 e. The molecule has 0 bridgehead atoms. The predicted octanol–water partition coefficient (Wildman–Crippen LogP) is 4.28. The van der Waals surface area contributed by atoms with E-state index in [9.17, 15) is 4.79 Å². The van der Waals surface area contributed by atoms with Crippen molar-refractivity contribution in [3.05, 3.63) is 23.8 Å². The molecule has 19 heavy (non-hydrogen) atoms. The fraction of sp³-hybridized carbons (Fsp3) is 0.533. The summed E-state index contributed by atoms with van der Waals surface area (Å²) in [5, 5.41) is 2.88. The van der Waals surface area contributed by atoms with Gasteiger partial charge in [-0.05, 0) is 57.9 Å². The van der Waals surface area contributed by atoms with Gasteiger partial charge in [-0.15, -0.1) is 0 Å². The molecule has 0 radical (unpaired) electrons. The summed E-state index contributed by atoms with van der Waals surface area (Å²) in [5.74, 6) is 0.799. The Balaban J connectivity index is 2.80. The minimum atomic E-state index is -0.577. The van der Waals surface area contributed by atoms with Crippen LogP contribution >= 0.6 is 15.9 Å². The van der Waals surface area contributed by atoms with E-state index in [1.165, 1.54) is 0 Å². The Bertz CT molecular complexity index is 452. The first-order valence-corrected chi connectivity index (χ1v) is 7.31. The van der Waals surface area contributed by atoms with Crippen LogP contribution in [0.1, 0.15) is 39.7 Å². The van der Waals surface area contributed by atoms with Crippen molar-refractivity contribution in [2.24, 2.45) is 0 Å². The van der Waals surface area contributed by atoms with E-state index in [-0.39, 0.29) is 12.0 Å². The van der Waals surface area contributed by atoms with E-state index in [1.54, 1.807) is 0 Å². The summed E-state index contributed by atoms with van der Waals surface area (Å²) in [7, 11) is 0. The number of benzene rings is 1. The van der Waals surface area contributed by atoms with Gasteiger partial charge in [0.05, 0.1) is 10.4 Å². The van der Waals surface area contributed by atoms with Gasteiger partial charge in [0, 0.05) is 5.69 Å². The van der Waals surface area contributed by atoms with Crippen LogP contribution in [0.2, 0.25) is 0 Å². The van der Waals surface area contributed by atoms with Crippen molar-refractivity contribution in [1.82, 2.24) is 0 Å². The number of rotatable bonds is 5. The van der Waals surface area contributed by atoms with E-state index < -0.39 is 4.32 Å². The molecule has 0 fully saturated rings. The van der Waals surface area contributed by atoms with Gasteiger partial charge in [0.2, 0.25) is 5.91 Å². The highest BCUT2D eigenvalue weighted by Gasteiger charge is 2.23. The molecule has 1 rings (SSSR count). The number of carbonyl (C=O) groups excluding carboxylic acids is 1. The lowest BCUT2D eigenvalue weighted by atomic mass is 10.1. The Labute approximate surface area is 123 Å². The third kappa shape index (κ3) is 4.86. The maximum absolute atomic E-state index is 11.9. The number of hydrogen-bond donors (Lipinski definition) is 1. The van der Waals surface area contributed by atoms with Gasteiger partial charge in [0.15, 0.2) is 0 Å². The summed E-state index contributed by atoms with van der Waals surface area (Å²) in [6.07, 6.45) is 1.16. The molecule has 0 aliphatic carbocycles. The molecule has 1 N–H and O–H groups in total. The number of anilines is 1. The zero-order valence-electron chi connectivity index (χ0n) is 12.2. The number of halogens is 1. The van der Waals surface area contributed by atoms with Crippen LogP contribution in [-0.2, 0) is 4.79 Å². The Hall–Kier alpha value is -1.03. The molecule has 106 valence electrons. The molecule has 0 saturated heterocycles. The fourth-order valence-corrected chi connectivity index (χ4v) is 1.54. The van der Waals surface area contributed by atoms with Crippen molar-refractivity contribution < 1.29 is 9.53 Å². The lowest BCUT2D eigenvalue weighted by Crippen LogP contribution is -2.30. The van der Waals surface area contributed by atoms with E-state index in [0.29, 0.717) is 0 Å². The zero-order chi connectivity index (χ0) is 14.6. The number of carbonyl (C=O) groups is 1. The summed E-state index contributed by atoms with van der Waals surface area (Å²) in [5.41, 5.74) is 1.80. The van der Waals surface area contributed by atoms with Gasteiger partial charge in [-0.2, -0.15) is 0 Å². The lowest BCUT2D eigenvalue weighted by molar-refractivity contribution is -0.117. The van der Waals surface area contributed by atoms with E-state index >= 15 is 0 Å². The molecular weight excluding hydrogens is 306 g/mol. The third-order valence-electron chi connectivity index (χ3n) is 2.88. The number of alkyl halides is 1. The highest BCUT2D eigenvalue weighted by molar-refractivity contribution is 9.10. The average Bonchev–Trinajstić information content (AvgIpc) is 2.31. The second kappa shape index (κ2) is 6.42. The van der Waals surface area contributed by atoms with Gasteiger partial charge in [-0.25, -0.2) is 0 Å². The molecule has 0 aliphatic heterocycles. The predicted molar refractivity (Wildman–Crippen MR) is 83.2 cm³/mol. The van der Waals surface area contributed by atoms with E-state index in [0.717, 1.165) is 23.4 Å². The van der Waals surface area contributed by atoms with Crippen LogP contribution in [-0.4, -0.2) is 16.3 Å². The van der Waals surface area contributed by atoms with Gasteiger partial charge in [0.25, 0.3) is 0 Å². The lowest BCUT2D eigenvalue weighted by Gasteiger charge is -2.18. The highest BCUT2D eigenvalue weighted by Crippen LogP contribution is 2.25. The molecular formula is C15H22BrNO2. The van der Waals surface area contributed by atoms with Crippen molar-refractivity contribution >= 4 is 27.5 Å². The van der Waals surface area contributed by atoms with Crippen LogP contribution in [0.4, 0.5) is 5.69 Å². The Morgan fingerprint density at radius 3 is 2.58 bits per heavy atom. The Kier molecular flexibility index (Phi) is 5.41. The number of aryl methyl sites for hydroxylation is 1. The molecule has 1 amide bonds. The van der Waals surface area contributed by atoms with Crippen molar-refractivity contribution in [3.63, 3.8) is 0 Å². The fourth-order valence-electron chi connectivity index (χ4n) is 1.44. The SMILES string of the molecule is CC[C@@H](C)Oc1ccc(NC(=O)C(C)(C)Br)cc1C. The number of amides is 1. The highest BCUT2D eigenvalue weighted by atomic mass is 79.9. The van der Waals surface area contributed by atoms with Crippen molar-refractivity contribution in [2.45, 2.75) is 51.5 Å². The normalized spacial score (nSPS) is 12.9. The topological polar surface area (TPSA) is 38.3 Å². The van der Waals surface area contributed by atoms with Crippen LogP contribution in [0.5, 0.6) is 5.75 Å². The molecule has 0 aromatic heterocycles. The van der Waals surface area contributed by atoms with Crippen LogP contribution in [0.25, 0.3) is 0 Å². The molecule has 0 saturated carbocycles. The molecule has 0 heterocycles. The van der Waals surface area contributed by atoms with Crippen LogP contribution < -0.4 is 10.1 Å². The zero-order valence-corrected chi connectivity index (χ0v) is 13.8. The molecule has 1 atom stereocenters. The van der Waals surface area contributed by atoms with Crippen LogP contribution in [0.15, 0.2) is 18.2 Å². The first-order chi connectivity index (χ1) is 8.74. The van der Waals surface area contributed by atoms with E-state index in [2.05, 4.69) is 28.2 Å². The summed E-state index contributed by atoms with van der Waals surface area (Å²) in [6, 6.07) is 5.69. The first-order valence-electron chi connectivity index (χ1n) is 6.51. The monoisotopic (exact) mass is 327 g/mol. The van der Waals surface area contributed by atoms with E-state index in [1.807, 2.05) is 45.9 Å². The minimum absolute atomic E-state index is 0.0671. The van der Waals surface area contributed by atoms with Gasteiger partial charge < -0.3 is 10.1 Å². The van der Waals surface area contributed by atoms with E-state index in [4.69, 9.17) is 4.74 Å². The van der Waals surface area contributed by atoms with Crippen LogP contribution in [0.3, 0.4) is 0 Å². The molecule has 0 spiro atoms. The number of nitrogens with one attached hydrogen (secondary N) is 1. The second-order valence-electron chi connectivity index (χ2n) is 5.24. The molecule has 1 aromatic carbocycles. The maximum Gasteiger partial charge on any atom is 0.240 e. The molecule has 1 aromatic rings. The van der Waals surface area contributed by atoms with Gasteiger partial charge in [-0.1, -0.05) is 22.9 Å². The second-order valence-corrected chi connectivity index (χ2v) is 7.23. The summed E-state index contributed by atoms with van der Waals surface area (Å²) < 4.78 is 5.22. The summed E-state index contributed by atoms with van der Waals surface area (Å²) >= 11 is 3.34. The first kappa shape index (κ1) is 16.0.